The minimum absolute atomic E-state index is 0.259. The predicted molar refractivity (Wildman–Crippen MR) is 81.0 cm³/mol. The first-order valence-electron chi connectivity index (χ1n) is 6.54. The Kier molecular flexibility index (Phi) is 5.57. The van der Waals surface area contributed by atoms with Crippen molar-refractivity contribution >= 4 is 17.7 Å². The van der Waals surface area contributed by atoms with Gasteiger partial charge in [0.05, 0.1) is 12.2 Å². The quantitative estimate of drug-likeness (QED) is 0.481. The monoisotopic (exact) mass is 304 g/mol. The fraction of sp³-hybridized carbons (Fsp3) is 0.267. The molecule has 0 unspecified atom stereocenters. The molecular formula is C15H16N2O3S. The van der Waals surface area contributed by atoms with E-state index in [9.17, 15) is 4.79 Å². The summed E-state index contributed by atoms with van der Waals surface area (Å²) >= 11 is 1.60. The molecule has 0 spiro atoms. The highest BCUT2D eigenvalue weighted by Gasteiger charge is 2.02. The van der Waals surface area contributed by atoms with Gasteiger partial charge in [-0.2, -0.15) is 0 Å². The number of rotatable bonds is 7. The summed E-state index contributed by atoms with van der Waals surface area (Å²) in [5, 5.41) is 9.57. The molecule has 0 saturated carbocycles. The minimum atomic E-state index is -0.934. The SMILES string of the molecule is Cc1ccnc(SCCCOc2ccc(C(=O)O)cc2)n1. The van der Waals surface area contributed by atoms with E-state index in [1.807, 2.05) is 13.0 Å². The van der Waals surface area contributed by atoms with Crippen LogP contribution in [0.25, 0.3) is 0 Å². The topological polar surface area (TPSA) is 72.3 Å². The molecule has 0 aliphatic rings. The van der Waals surface area contributed by atoms with Crippen molar-refractivity contribution in [1.29, 1.82) is 0 Å². The largest absolute Gasteiger partial charge is 0.494 e. The van der Waals surface area contributed by atoms with Gasteiger partial charge in [0.15, 0.2) is 5.16 Å². The highest BCUT2D eigenvalue weighted by Crippen LogP contribution is 2.15. The van der Waals surface area contributed by atoms with Gasteiger partial charge in [0, 0.05) is 17.6 Å². The number of hydrogen-bond donors (Lipinski definition) is 1. The fourth-order valence-electron chi connectivity index (χ4n) is 1.60. The van der Waals surface area contributed by atoms with E-state index in [-0.39, 0.29) is 5.56 Å². The third-order valence-electron chi connectivity index (χ3n) is 2.66. The van der Waals surface area contributed by atoms with E-state index in [4.69, 9.17) is 9.84 Å². The van der Waals surface area contributed by atoms with E-state index in [2.05, 4.69) is 9.97 Å². The van der Waals surface area contributed by atoms with Gasteiger partial charge in [0.1, 0.15) is 5.75 Å². The second kappa shape index (κ2) is 7.64. The maximum absolute atomic E-state index is 10.7. The number of carboxylic acid groups (broad SMARTS) is 1. The highest BCUT2D eigenvalue weighted by molar-refractivity contribution is 7.99. The number of aromatic carboxylic acids is 1. The number of ether oxygens (including phenoxy) is 1. The van der Waals surface area contributed by atoms with Gasteiger partial charge in [-0.25, -0.2) is 14.8 Å². The molecule has 0 atom stereocenters. The summed E-state index contributed by atoms with van der Waals surface area (Å²) in [5.74, 6) is 0.615. The van der Waals surface area contributed by atoms with Gasteiger partial charge in [0.2, 0.25) is 0 Å². The van der Waals surface area contributed by atoms with E-state index >= 15 is 0 Å². The number of hydrogen-bond acceptors (Lipinski definition) is 5. The Labute approximate surface area is 127 Å². The normalized spacial score (nSPS) is 10.3. The predicted octanol–water partition coefficient (Wildman–Crippen LogP) is 3.04. The third-order valence-corrected chi connectivity index (χ3v) is 3.61. The Bertz CT molecular complexity index is 602. The molecule has 2 rings (SSSR count). The third kappa shape index (κ3) is 5.07. The molecule has 6 heteroatoms. The summed E-state index contributed by atoms with van der Waals surface area (Å²) in [4.78, 5) is 19.2. The Hall–Kier alpha value is -2.08. The fourth-order valence-corrected chi connectivity index (χ4v) is 2.39. The maximum Gasteiger partial charge on any atom is 0.335 e. The summed E-state index contributed by atoms with van der Waals surface area (Å²) in [7, 11) is 0. The first-order valence-corrected chi connectivity index (χ1v) is 7.52. The molecule has 0 radical (unpaired) electrons. The van der Waals surface area contributed by atoms with Crippen molar-refractivity contribution in [3.8, 4) is 5.75 Å². The summed E-state index contributed by atoms with van der Waals surface area (Å²) in [6, 6.07) is 8.27. The number of thioether (sulfide) groups is 1. The standard InChI is InChI=1S/C15H16N2O3S/c1-11-7-8-16-15(17-11)21-10-2-9-20-13-5-3-12(4-6-13)14(18)19/h3-8H,2,9-10H2,1H3,(H,18,19). The Balaban J connectivity index is 1.69. The zero-order valence-electron chi connectivity index (χ0n) is 11.7. The van der Waals surface area contributed by atoms with E-state index in [0.717, 1.165) is 23.0 Å². The van der Waals surface area contributed by atoms with Gasteiger partial charge in [0.25, 0.3) is 0 Å². The van der Waals surface area contributed by atoms with Gasteiger partial charge in [-0.15, -0.1) is 0 Å². The van der Waals surface area contributed by atoms with Crippen LogP contribution >= 0.6 is 11.8 Å². The van der Waals surface area contributed by atoms with E-state index in [0.29, 0.717) is 12.4 Å². The first kappa shape index (κ1) is 15.3. The smallest absolute Gasteiger partial charge is 0.335 e. The Morgan fingerprint density at radius 1 is 1.29 bits per heavy atom. The van der Waals surface area contributed by atoms with Crippen LogP contribution in [0.2, 0.25) is 0 Å². The lowest BCUT2D eigenvalue weighted by atomic mass is 10.2. The van der Waals surface area contributed by atoms with Crippen molar-refractivity contribution in [1.82, 2.24) is 9.97 Å². The van der Waals surface area contributed by atoms with Crippen molar-refractivity contribution in [3.63, 3.8) is 0 Å². The second-order valence-electron chi connectivity index (χ2n) is 4.36. The van der Waals surface area contributed by atoms with Crippen molar-refractivity contribution in [2.24, 2.45) is 0 Å². The molecule has 1 aromatic heterocycles. The molecule has 0 bridgehead atoms. The molecule has 0 aliphatic carbocycles. The van der Waals surface area contributed by atoms with Crippen LogP contribution < -0.4 is 4.74 Å². The van der Waals surface area contributed by atoms with Crippen molar-refractivity contribution in [2.75, 3.05) is 12.4 Å². The van der Waals surface area contributed by atoms with Crippen LogP contribution in [-0.4, -0.2) is 33.4 Å². The van der Waals surface area contributed by atoms with Crippen molar-refractivity contribution in [2.45, 2.75) is 18.5 Å². The molecule has 1 N–H and O–H groups in total. The molecule has 0 aliphatic heterocycles. The van der Waals surface area contributed by atoms with Gasteiger partial charge in [-0.3, -0.25) is 0 Å². The number of nitrogens with zero attached hydrogens (tertiary/aromatic N) is 2. The van der Waals surface area contributed by atoms with Crippen LogP contribution in [0.3, 0.4) is 0 Å². The van der Waals surface area contributed by atoms with E-state index in [1.54, 1.807) is 30.1 Å². The Morgan fingerprint density at radius 3 is 2.71 bits per heavy atom. The number of carboxylic acids is 1. The van der Waals surface area contributed by atoms with Crippen LogP contribution in [0.15, 0.2) is 41.7 Å². The van der Waals surface area contributed by atoms with Gasteiger partial charge in [-0.05, 0) is 43.7 Å². The lowest BCUT2D eigenvalue weighted by Gasteiger charge is -2.06. The molecule has 0 fully saturated rings. The first-order chi connectivity index (χ1) is 10.1. The summed E-state index contributed by atoms with van der Waals surface area (Å²) < 4.78 is 5.56. The van der Waals surface area contributed by atoms with Crippen LogP contribution in [0.4, 0.5) is 0 Å². The molecular weight excluding hydrogens is 288 g/mol. The van der Waals surface area contributed by atoms with Crippen LogP contribution in [0.1, 0.15) is 22.5 Å². The number of benzene rings is 1. The average Bonchev–Trinajstić information content (AvgIpc) is 2.47. The minimum Gasteiger partial charge on any atom is -0.494 e. The van der Waals surface area contributed by atoms with Crippen LogP contribution in [0.5, 0.6) is 5.75 Å². The summed E-state index contributed by atoms with van der Waals surface area (Å²) in [6.45, 7) is 2.51. The number of aryl methyl sites for hydroxylation is 1. The Morgan fingerprint density at radius 2 is 2.05 bits per heavy atom. The van der Waals surface area contributed by atoms with Gasteiger partial charge in [-0.1, -0.05) is 11.8 Å². The summed E-state index contributed by atoms with van der Waals surface area (Å²) in [5.41, 5.74) is 1.22. The maximum atomic E-state index is 10.7. The summed E-state index contributed by atoms with van der Waals surface area (Å²) in [6.07, 6.45) is 2.62. The van der Waals surface area contributed by atoms with Gasteiger partial charge >= 0.3 is 5.97 Å². The number of carbonyl (C=O) groups is 1. The molecule has 5 nitrogen and oxygen atoms in total. The average molecular weight is 304 g/mol. The molecule has 0 saturated heterocycles. The van der Waals surface area contributed by atoms with E-state index in [1.165, 1.54) is 12.1 Å². The molecule has 21 heavy (non-hydrogen) atoms. The molecule has 1 heterocycles. The lowest BCUT2D eigenvalue weighted by Crippen LogP contribution is -2.00. The van der Waals surface area contributed by atoms with Crippen molar-refractivity contribution < 1.29 is 14.6 Å². The molecule has 0 amide bonds. The van der Waals surface area contributed by atoms with Gasteiger partial charge < -0.3 is 9.84 Å². The van der Waals surface area contributed by atoms with Crippen molar-refractivity contribution in [3.05, 3.63) is 47.8 Å². The zero-order valence-corrected chi connectivity index (χ0v) is 12.5. The molecule has 110 valence electrons. The zero-order chi connectivity index (χ0) is 15.1. The molecule has 1 aromatic carbocycles. The lowest BCUT2D eigenvalue weighted by molar-refractivity contribution is 0.0697. The second-order valence-corrected chi connectivity index (χ2v) is 5.42. The van der Waals surface area contributed by atoms with Crippen LogP contribution in [0, 0.1) is 6.92 Å². The molecule has 2 aromatic rings. The highest BCUT2D eigenvalue weighted by atomic mass is 32.2. The van der Waals surface area contributed by atoms with Crippen LogP contribution in [-0.2, 0) is 0 Å². The van der Waals surface area contributed by atoms with E-state index < -0.39 is 5.97 Å². The number of aromatic nitrogens is 2.